The number of Topliss-reactive ketones (excluding diaryl/α,β-unsaturated/α-hetero) is 1. The molecule has 2 aromatic carbocycles. The number of urea groups is 1. The van der Waals surface area contributed by atoms with E-state index < -0.39 is 18.1 Å². The number of rotatable bonds is 5. The molecule has 3 fully saturated rings. The lowest BCUT2D eigenvalue weighted by Gasteiger charge is -2.33. The second-order valence-electron chi connectivity index (χ2n) is 8.77. The fourth-order valence-electron chi connectivity index (χ4n) is 5.43. The minimum atomic E-state index is -0.626. The Morgan fingerprint density at radius 1 is 1.27 bits per heavy atom. The van der Waals surface area contributed by atoms with Crippen molar-refractivity contribution in [1.82, 2.24) is 4.90 Å². The van der Waals surface area contributed by atoms with Gasteiger partial charge in [0.2, 0.25) is 0 Å². The quantitative estimate of drug-likeness (QED) is 0.498. The maximum absolute atomic E-state index is 13.8. The number of carbonyl (C=O) groups excluding carboxylic acids is 3. The molecule has 8 nitrogen and oxygen atoms in total. The van der Waals surface area contributed by atoms with Gasteiger partial charge in [0.1, 0.15) is 18.5 Å². The fraction of sp³-hybridized carbons (Fsp3) is 0.333. The summed E-state index contributed by atoms with van der Waals surface area (Å²) in [5.41, 5.74) is 1.95. The molecule has 4 unspecified atom stereocenters. The Balaban J connectivity index is 1.49. The molecule has 3 heterocycles. The van der Waals surface area contributed by atoms with E-state index in [9.17, 15) is 19.6 Å². The van der Waals surface area contributed by atoms with Crippen LogP contribution in [0, 0.1) is 18.3 Å². The summed E-state index contributed by atoms with van der Waals surface area (Å²) < 4.78 is 5.06. The van der Waals surface area contributed by atoms with Gasteiger partial charge in [-0.15, -0.1) is 0 Å². The van der Waals surface area contributed by atoms with Crippen LogP contribution in [0.2, 0.25) is 5.02 Å². The summed E-state index contributed by atoms with van der Waals surface area (Å²) in [5.74, 6) is 0.257. The van der Waals surface area contributed by atoms with Crippen molar-refractivity contribution in [2.75, 3.05) is 31.8 Å². The molecule has 3 saturated heterocycles. The number of benzene rings is 2. The SMILES string of the molecule is COc1cccc(CC(=O)C2CN3CC4C(=O)N(c5ccc(C#N)c(Cl)c5C)C(=O)[N+]24C3)c1. The molecule has 0 radical (unpaired) electrons. The molecule has 33 heavy (non-hydrogen) atoms. The molecular weight excluding hydrogens is 444 g/mol. The van der Waals surface area contributed by atoms with E-state index >= 15 is 0 Å². The number of hydrogen-bond donors (Lipinski definition) is 0. The molecule has 0 saturated carbocycles. The standard InChI is InChI=1S/C24H22ClN4O4/c1-14-18(7-6-16(10-26)22(14)25)28-23(31)20-12-27-11-19(29(20,13-27)24(28)32)21(30)9-15-4-3-5-17(8-15)33-2/h3-8,19-20H,9,11-13H2,1-2H3/q+1. The van der Waals surface area contributed by atoms with Crippen molar-refractivity contribution in [2.24, 2.45) is 0 Å². The molecular formula is C24H22ClN4O4+. The van der Waals surface area contributed by atoms with Crippen molar-refractivity contribution in [1.29, 1.82) is 5.26 Å². The number of nitriles is 1. The van der Waals surface area contributed by atoms with Gasteiger partial charge in [0.25, 0.3) is 5.91 Å². The van der Waals surface area contributed by atoms with Crippen LogP contribution in [0.15, 0.2) is 36.4 Å². The first-order valence-corrected chi connectivity index (χ1v) is 11.0. The number of hydrogen-bond acceptors (Lipinski definition) is 6. The molecule has 4 atom stereocenters. The van der Waals surface area contributed by atoms with Gasteiger partial charge in [-0.1, -0.05) is 23.7 Å². The zero-order chi connectivity index (χ0) is 23.5. The molecule has 3 amide bonds. The average molecular weight is 466 g/mol. The number of halogens is 1. The highest BCUT2D eigenvalue weighted by Crippen LogP contribution is 2.45. The fourth-order valence-corrected chi connectivity index (χ4v) is 5.64. The highest BCUT2D eigenvalue weighted by atomic mass is 35.5. The summed E-state index contributed by atoms with van der Waals surface area (Å²) in [4.78, 5) is 43.9. The van der Waals surface area contributed by atoms with Gasteiger partial charge in [0.15, 0.2) is 17.9 Å². The van der Waals surface area contributed by atoms with Crippen LogP contribution < -0.4 is 9.64 Å². The van der Waals surface area contributed by atoms with Gasteiger partial charge in [-0.25, -0.2) is 14.2 Å². The zero-order valence-electron chi connectivity index (χ0n) is 18.2. The molecule has 9 heteroatoms. The van der Waals surface area contributed by atoms with E-state index in [1.807, 2.05) is 35.2 Å². The van der Waals surface area contributed by atoms with E-state index in [-0.39, 0.29) is 33.2 Å². The lowest BCUT2D eigenvalue weighted by atomic mass is 9.99. The van der Waals surface area contributed by atoms with Crippen molar-refractivity contribution in [3.05, 3.63) is 58.1 Å². The molecule has 5 rings (SSSR count). The number of fused-ring (bicyclic) bond motifs is 1. The number of carbonyl (C=O) groups is 3. The Labute approximate surface area is 196 Å². The van der Waals surface area contributed by atoms with E-state index in [0.717, 1.165) is 5.56 Å². The molecule has 2 aromatic rings. The molecule has 0 N–H and O–H groups in total. The van der Waals surface area contributed by atoms with E-state index in [4.69, 9.17) is 16.3 Å². The molecule has 1 spiro atoms. The Hall–Kier alpha value is -3.25. The second-order valence-corrected chi connectivity index (χ2v) is 9.15. The van der Waals surface area contributed by atoms with Crippen LogP contribution >= 0.6 is 11.6 Å². The van der Waals surface area contributed by atoms with E-state index in [2.05, 4.69) is 0 Å². The Morgan fingerprint density at radius 2 is 2.06 bits per heavy atom. The second kappa shape index (κ2) is 7.66. The number of nitrogens with zero attached hydrogens (tertiary/aromatic N) is 4. The van der Waals surface area contributed by atoms with E-state index in [1.54, 1.807) is 20.1 Å². The van der Waals surface area contributed by atoms with Crippen molar-refractivity contribution >= 4 is 35.0 Å². The lowest BCUT2D eigenvalue weighted by molar-refractivity contribution is -0.852. The van der Waals surface area contributed by atoms with Crippen molar-refractivity contribution < 1.29 is 23.6 Å². The van der Waals surface area contributed by atoms with E-state index in [1.165, 1.54) is 11.0 Å². The Bertz CT molecular complexity index is 1260. The summed E-state index contributed by atoms with van der Waals surface area (Å²) in [6.07, 6.45) is 0.158. The first-order valence-electron chi connectivity index (χ1n) is 10.6. The van der Waals surface area contributed by atoms with Crippen LogP contribution in [0.25, 0.3) is 0 Å². The molecule has 168 valence electrons. The van der Waals surface area contributed by atoms with Gasteiger partial charge in [-0.05, 0) is 42.3 Å². The third-order valence-electron chi connectivity index (χ3n) is 7.06. The predicted octanol–water partition coefficient (Wildman–Crippen LogP) is 2.65. The minimum absolute atomic E-state index is 0.0759. The number of imide groups is 1. The minimum Gasteiger partial charge on any atom is -0.497 e. The Morgan fingerprint density at radius 3 is 2.79 bits per heavy atom. The van der Waals surface area contributed by atoms with Gasteiger partial charge in [0.05, 0.1) is 36.5 Å². The summed E-state index contributed by atoms with van der Waals surface area (Å²) in [5, 5.41) is 9.45. The number of methoxy groups -OCH3 is 1. The van der Waals surface area contributed by atoms with E-state index in [0.29, 0.717) is 36.8 Å². The topological polar surface area (TPSA) is 90.7 Å². The van der Waals surface area contributed by atoms with Crippen LogP contribution in [-0.4, -0.2) is 66.1 Å². The summed E-state index contributed by atoms with van der Waals surface area (Å²) in [6, 6.07) is 10.7. The van der Waals surface area contributed by atoms with Gasteiger partial charge in [-0.2, -0.15) is 10.2 Å². The molecule has 0 aliphatic carbocycles. The number of quaternary nitrogens is 1. The highest BCUT2D eigenvalue weighted by molar-refractivity contribution is 6.33. The third-order valence-corrected chi connectivity index (χ3v) is 7.55. The third kappa shape index (κ3) is 3.00. The van der Waals surface area contributed by atoms with Crippen LogP contribution in [0.5, 0.6) is 5.75 Å². The van der Waals surface area contributed by atoms with Crippen molar-refractivity contribution in [2.45, 2.75) is 25.4 Å². The molecule has 3 aliphatic rings. The first kappa shape index (κ1) is 21.6. The van der Waals surface area contributed by atoms with Crippen LogP contribution in [0.1, 0.15) is 16.7 Å². The molecule has 0 aromatic heterocycles. The molecule has 3 aliphatic heterocycles. The smallest absolute Gasteiger partial charge is 0.433 e. The van der Waals surface area contributed by atoms with Crippen LogP contribution in [-0.2, 0) is 16.0 Å². The normalized spacial score (nSPS) is 27.6. The molecule has 2 bridgehead atoms. The average Bonchev–Trinajstić information content (AvgIpc) is 3.45. The highest BCUT2D eigenvalue weighted by Gasteiger charge is 2.73. The summed E-state index contributed by atoms with van der Waals surface area (Å²) >= 11 is 6.31. The maximum Gasteiger partial charge on any atom is 0.433 e. The number of piperazine rings is 1. The maximum atomic E-state index is 13.8. The monoisotopic (exact) mass is 465 g/mol. The summed E-state index contributed by atoms with van der Waals surface area (Å²) in [7, 11) is 1.57. The van der Waals surface area contributed by atoms with Crippen molar-refractivity contribution in [3.8, 4) is 11.8 Å². The summed E-state index contributed by atoms with van der Waals surface area (Å²) in [6.45, 7) is 2.90. The Kier molecular flexibility index (Phi) is 5.01. The van der Waals surface area contributed by atoms with Gasteiger partial charge < -0.3 is 4.74 Å². The largest absolute Gasteiger partial charge is 0.497 e. The predicted molar refractivity (Wildman–Crippen MR) is 120 cm³/mol. The zero-order valence-corrected chi connectivity index (χ0v) is 19.0. The van der Waals surface area contributed by atoms with Gasteiger partial charge in [-0.3, -0.25) is 9.59 Å². The number of ether oxygens (including phenoxy) is 1. The first-order chi connectivity index (χ1) is 15.8. The number of ketones is 1. The van der Waals surface area contributed by atoms with Crippen LogP contribution in [0.3, 0.4) is 0 Å². The van der Waals surface area contributed by atoms with Gasteiger partial charge >= 0.3 is 6.03 Å². The van der Waals surface area contributed by atoms with Gasteiger partial charge in [0, 0.05) is 6.42 Å². The lowest BCUT2D eigenvalue weighted by Crippen LogP contribution is -2.62. The number of anilines is 1. The van der Waals surface area contributed by atoms with Crippen LogP contribution in [0.4, 0.5) is 10.5 Å². The number of amides is 3. The van der Waals surface area contributed by atoms with Crippen molar-refractivity contribution in [3.63, 3.8) is 0 Å².